The predicted octanol–water partition coefficient (Wildman–Crippen LogP) is 0.928. The van der Waals surface area contributed by atoms with Crippen molar-refractivity contribution >= 4 is 16.7 Å². The summed E-state index contributed by atoms with van der Waals surface area (Å²) in [6.07, 6.45) is 3.42. The van der Waals surface area contributed by atoms with Crippen molar-refractivity contribution in [2.45, 2.75) is 32.2 Å². The fourth-order valence-electron chi connectivity index (χ4n) is 3.59. The van der Waals surface area contributed by atoms with E-state index in [1.807, 2.05) is 11.9 Å². The van der Waals surface area contributed by atoms with Crippen molar-refractivity contribution in [3.05, 3.63) is 45.0 Å². The molecule has 26 heavy (non-hydrogen) atoms. The summed E-state index contributed by atoms with van der Waals surface area (Å²) in [5, 5.41) is 6.51. The highest BCUT2D eigenvalue weighted by atomic mass is 16.2. The van der Waals surface area contributed by atoms with Gasteiger partial charge in [-0.2, -0.15) is 0 Å². The molecule has 1 aromatic carbocycles. The summed E-state index contributed by atoms with van der Waals surface area (Å²) in [5.41, 5.74) is -0.572. The van der Waals surface area contributed by atoms with E-state index < -0.39 is 0 Å². The fourth-order valence-corrected chi connectivity index (χ4v) is 3.59. The molecule has 0 aliphatic carbocycles. The monoisotopic (exact) mass is 358 g/mol. The molecule has 1 aliphatic heterocycles. The Morgan fingerprint density at radius 1 is 1.19 bits per heavy atom. The van der Waals surface area contributed by atoms with Gasteiger partial charge in [-0.15, -0.1) is 0 Å². The number of likely N-dealkylation sites (tertiary alicyclic amines) is 1. The number of aryl methyl sites for hydroxylation is 1. The second kappa shape index (κ2) is 8.31. The van der Waals surface area contributed by atoms with Crippen molar-refractivity contribution in [3.63, 3.8) is 0 Å². The first kappa shape index (κ1) is 18.4. The Labute approximate surface area is 152 Å². The molecule has 0 radical (unpaired) electrons. The summed E-state index contributed by atoms with van der Waals surface area (Å²) in [4.78, 5) is 38.9. The van der Waals surface area contributed by atoms with E-state index in [4.69, 9.17) is 0 Å². The molecule has 7 heteroatoms. The molecule has 0 unspecified atom stereocenters. The standard InChI is InChI=1S/C19H26N4O3/c1-20-10-6-14-7-11-22(12-8-14)17(24)9-13-23-19(26)16-5-3-2-4-15(16)18(25)21-23/h2-5,14,20H,6-13H2,1H3,(H,21,25). The van der Waals surface area contributed by atoms with Gasteiger partial charge in [-0.3, -0.25) is 19.5 Å². The Morgan fingerprint density at radius 3 is 2.58 bits per heavy atom. The molecule has 2 N–H and O–H groups in total. The van der Waals surface area contributed by atoms with Crippen LogP contribution in [0.15, 0.2) is 33.9 Å². The molecule has 0 saturated carbocycles. The molecule has 0 spiro atoms. The molecule has 2 heterocycles. The highest BCUT2D eigenvalue weighted by molar-refractivity contribution is 5.80. The van der Waals surface area contributed by atoms with Gasteiger partial charge in [-0.25, -0.2) is 4.68 Å². The minimum absolute atomic E-state index is 0.0398. The van der Waals surface area contributed by atoms with Crippen LogP contribution in [0.1, 0.15) is 25.7 Å². The average Bonchev–Trinajstić information content (AvgIpc) is 2.68. The Balaban J connectivity index is 1.60. The Bertz CT molecular complexity index is 878. The van der Waals surface area contributed by atoms with Crippen molar-refractivity contribution < 1.29 is 4.79 Å². The lowest BCUT2D eigenvalue weighted by Gasteiger charge is -2.32. The lowest BCUT2D eigenvalue weighted by atomic mass is 9.93. The maximum atomic E-state index is 12.5. The maximum Gasteiger partial charge on any atom is 0.273 e. The normalized spacial score (nSPS) is 15.5. The SMILES string of the molecule is CNCCC1CCN(C(=O)CCn2[nH]c(=O)c3ccccc3c2=O)CC1. The van der Waals surface area contributed by atoms with Crippen LogP contribution in [-0.2, 0) is 11.3 Å². The second-order valence-corrected chi connectivity index (χ2v) is 6.91. The van der Waals surface area contributed by atoms with E-state index in [1.54, 1.807) is 24.3 Å². The number of hydrogen-bond donors (Lipinski definition) is 2. The maximum absolute atomic E-state index is 12.5. The zero-order valence-corrected chi connectivity index (χ0v) is 15.2. The number of nitrogens with one attached hydrogen (secondary N) is 2. The van der Waals surface area contributed by atoms with E-state index >= 15 is 0 Å². The highest BCUT2D eigenvalue weighted by Crippen LogP contribution is 2.20. The van der Waals surface area contributed by atoms with E-state index in [0.29, 0.717) is 16.7 Å². The second-order valence-electron chi connectivity index (χ2n) is 6.91. The third-order valence-electron chi connectivity index (χ3n) is 5.20. The van der Waals surface area contributed by atoms with Gasteiger partial charge in [0.15, 0.2) is 0 Å². The summed E-state index contributed by atoms with van der Waals surface area (Å²) in [6, 6.07) is 6.73. The van der Waals surface area contributed by atoms with E-state index in [9.17, 15) is 14.4 Å². The zero-order chi connectivity index (χ0) is 18.5. The number of fused-ring (bicyclic) bond motifs is 1. The van der Waals surface area contributed by atoms with Crippen LogP contribution in [0.2, 0.25) is 0 Å². The predicted molar refractivity (Wildman–Crippen MR) is 101 cm³/mol. The molecule has 1 amide bonds. The van der Waals surface area contributed by atoms with Crippen LogP contribution in [0, 0.1) is 5.92 Å². The summed E-state index contributed by atoms with van der Waals surface area (Å²) < 4.78 is 1.25. The first-order valence-electron chi connectivity index (χ1n) is 9.24. The van der Waals surface area contributed by atoms with Gasteiger partial charge in [0, 0.05) is 19.5 Å². The number of benzene rings is 1. The van der Waals surface area contributed by atoms with Crippen LogP contribution in [0.3, 0.4) is 0 Å². The van der Waals surface area contributed by atoms with E-state index in [2.05, 4.69) is 10.4 Å². The van der Waals surface area contributed by atoms with E-state index in [1.165, 1.54) is 4.68 Å². The number of aromatic nitrogens is 2. The Kier molecular flexibility index (Phi) is 5.88. The quantitative estimate of drug-likeness (QED) is 0.804. The molecule has 0 atom stereocenters. The highest BCUT2D eigenvalue weighted by Gasteiger charge is 2.22. The van der Waals surface area contributed by atoms with Crippen LogP contribution >= 0.6 is 0 Å². The summed E-state index contributed by atoms with van der Waals surface area (Å²) in [6.45, 7) is 2.75. The molecule has 2 aromatic rings. The molecular formula is C19H26N4O3. The van der Waals surface area contributed by atoms with Crippen molar-refractivity contribution in [3.8, 4) is 0 Å². The van der Waals surface area contributed by atoms with E-state index in [-0.39, 0.29) is 30.0 Å². The largest absolute Gasteiger partial charge is 0.343 e. The topological polar surface area (TPSA) is 87.2 Å². The summed E-state index contributed by atoms with van der Waals surface area (Å²) >= 11 is 0. The van der Waals surface area contributed by atoms with Gasteiger partial charge in [0.2, 0.25) is 5.91 Å². The van der Waals surface area contributed by atoms with Crippen molar-refractivity contribution in [2.75, 3.05) is 26.7 Å². The van der Waals surface area contributed by atoms with Gasteiger partial charge in [0.05, 0.1) is 17.3 Å². The van der Waals surface area contributed by atoms with Crippen LogP contribution < -0.4 is 16.4 Å². The molecular weight excluding hydrogens is 332 g/mol. The number of rotatable bonds is 6. The Hall–Kier alpha value is -2.41. The number of hydrogen-bond acceptors (Lipinski definition) is 4. The minimum atomic E-state index is -0.307. The molecule has 1 aliphatic rings. The number of H-pyrrole nitrogens is 1. The molecule has 0 bridgehead atoms. The number of carbonyl (C=O) groups is 1. The smallest absolute Gasteiger partial charge is 0.273 e. The van der Waals surface area contributed by atoms with Gasteiger partial charge in [0.1, 0.15) is 0 Å². The van der Waals surface area contributed by atoms with Gasteiger partial charge in [-0.1, -0.05) is 12.1 Å². The number of piperidine rings is 1. The van der Waals surface area contributed by atoms with Gasteiger partial charge < -0.3 is 10.2 Å². The third-order valence-corrected chi connectivity index (χ3v) is 5.20. The van der Waals surface area contributed by atoms with Crippen LogP contribution in [0.5, 0.6) is 0 Å². The van der Waals surface area contributed by atoms with Gasteiger partial charge >= 0.3 is 0 Å². The number of carbonyl (C=O) groups excluding carboxylic acids is 1. The van der Waals surface area contributed by atoms with Gasteiger partial charge in [-0.05, 0) is 50.9 Å². The molecule has 1 fully saturated rings. The van der Waals surface area contributed by atoms with E-state index in [0.717, 1.165) is 38.9 Å². The van der Waals surface area contributed by atoms with Crippen molar-refractivity contribution in [2.24, 2.45) is 5.92 Å². The van der Waals surface area contributed by atoms with Crippen molar-refractivity contribution in [1.29, 1.82) is 0 Å². The summed E-state index contributed by atoms with van der Waals surface area (Å²) in [5.74, 6) is 0.712. The fraction of sp³-hybridized carbons (Fsp3) is 0.526. The molecule has 140 valence electrons. The minimum Gasteiger partial charge on any atom is -0.343 e. The molecule has 3 rings (SSSR count). The lowest BCUT2D eigenvalue weighted by Crippen LogP contribution is -2.40. The average molecular weight is 358 g/mol. The Morgan fingerprint density at radius 2 is 1.88 bits per heavy atom. The first-order chi connectivity index (χ1) is 12.6. The van der Waals surface area contributed by atoms with Gasteiger partial charge in [0.25, 0.3) is 11.1 Å². The van der Waals surface area contributed by atoms with Crippen molar-refractivity contribution in [1.82, 2.24) is 20.0 Å². The zero-order valence-electron chi connectivity index (χ0n) is 15.2. The van der Waals surface area contributed by atoms with Crippen LogP contribution in [0.25, 0.3) is 10.8 Å². The van der Waals surface area contributed by atoms with Crippen LogP contribution in [-0.4, -0.2) is 47.3 Å². The number of amides is 1. The third kappa shape index (κ3) is 4.04. The molecule has 1 aromatic heterocycles. The molecule has 1 saturated heterocycles. The van der Waals surface area contributed by atoms with Crippen LogP contribution in [0.4, 0.5) is 0 Å². The molecule has 7 nitrogen and oxygen atoms in total. The number of nitrogens with zero attached hydrogens (tertiary/aromatic N) is 2. The lowest BCUT2D eigenvalue weighted by molar-refractivity contribution is -0.132. The summed E-state index contributed by atoms with van der Waals surface area (Å²) in [7, 11) is 1.96. The number of aromatic amines is 1. The first-order valence-corrected chi connectivity index (χ1v) is 9.24.